The number of terminal acetylenes is 1. The van der Waals surface area contributed by atoms with Crippen LogP contribution in [0.3, 0.4) is 0 Å². The monoisotopic (exact) mass is 466 g/mol. The minimum absolute atomic E-state index is 0.171. The molecule has 1 fully saturated rings. The molecule has 1 saturated heterocycles. The fourth-order valence-electron chi connectivity index (χ4n) is 4.55. The molecule has 3 aromatic rings. The first-order valence-electron chi connectivity index (χ1n) is 10.7. The van der Waals surface area contributed by atoms with Gasteiger partial charge in [0.15, 0.2) is 0 Å². The van der Waals surface area contributed by atoms with E-state index in [1.807, 2.05) is 24.3 Å². The molecular formula is C26H23FO5S. The first kappa shape index (κ1) is 22.2. The van der Waals surface area contributed by atoms with E-state index in [0.717, 1.165) is 26.4 Å². The molecular weight excluding hydrogens is 443 g/mol. The summed E-state index contributed by atoms with van der Waals surface area (Å²) in [5.41, 5.74) is 3.89. The quantitative estimate of drug-likeness (QED) is 0.517. The molecule has 0 saturated carbocycles. The summed E-state index contributed by atoms with van der Waals surface area (Å²) in [5, 5.41) is 31.3. The minimum Gasteiger partial charge on any atom is -0.388 e. The van der Waals surface area contributed by atoms with Crippen LogP contribution in [0.2, 0.25) is 0 Å². The van der Waals surface area contributed by atoms with Crippen molar-refractivity contribution in [2.45, 2.75) is 50.2 Å². The molecule has 170 valence electrons. The van der Waals surface area contributed by atoms with Gasteiger partial charge in [-0.1, -0.05) is 18.1 Å². The van der Waals surface area contributed by atoms with Crippen LogP contribution in [-0.2, 0) is 28.3 Å². The van der Waals surface area contributed by atoms with Crippen LogP contribution in [0.1, 0.15) is 34.1 Å². The Kier molecular flexibility index (Phi) is 5.61. The van der Waals surface area contributed by atoms with E-state index < -0.39 is 30.2 Å². The van der Waals surface area contributed by atoms with Gasteiger partial charge >= 0.3 is 0 Å². The first-order chi connectivity index (χ1) is 15.8. The van der Waals surface area contributed by atoms with E-state index in [-0.39, 0.29) is 12.4 Å². The lowest BCUT2D eigenvalue weighted by Gasteiger charge is -2.45. The van der Waals surface area contributed by atoms with Crippen molar-refractivity contribution >= 4 is 11.3 Å². The van der Waals surface area contributed by atoms with Gasteiger partial charge in [-0.2, -0.15) is 0 Å². The largest absolute Gasteiger partial charge is 0.388 e. The van der Waals surface area contributed by atoms with Gasteiger partial charge in [-0.05, 0) is 60.0 Å². The molecule has 33 heavy (non-hydrogen) atoms. The van der Waals surface area contributed by atoms with Crippen LogP contribution in [0, 0.1) is 18.2 Å². The fraction of sp³-hybridized carbons (Fsp3) is 0.308. The Morgan fingerprint density at radius 2 is 1.88 bits per heavy atom. The molecule has 0 unspecified atom stereocenters. The lowest BCUT2D eigenvalue weighted by Crippen LogP contribution is -2.62. The number of halogens is 1. The number of fused-ring (bicyclic) bond motifs is 2. The highest BCUT2D eigenvalue weighted by Crippen LogP contribution is 2.46. The SMILES string of the molecule is C#Cc1cc2c(cc1Cc1ccc(-c3ccc(F)cc3)s1)[C@]1(OC2)O[C@H](C)[C@@H](O)[C@H](O)[C@H]1O. The van der Waals surface area contributed by atoms with Gasteiger partial charge in [-0.15, -0.1) is 17.8 Å². The number of hydrogen-bond donors (Lipinski definition) is 3. The molecule has 1 aromatic heterocycles. The number of aliphatic hydroxyl groups is 3. The fourth-order valence-corrected chi connectivity index (χ4v) is 5.59. The van der Waals surface area contributed by atoms with E-state index in [0.29, 0.717) is 17.5 Å². The Labute approximate surface area is 195 Å². The molecule has 0 aliphatic carbocycles. The van der Waals surface area contributed by atoms with Gasteiger partial charge < -0.3 is 24.8 Å². The summed E-state index contributed by atoms with van der Waals surface area (Å²) < 4.78 is 25.1. The van der Waals surface area contributed by atoms with Crippen molar-refractivity contribution in [1.82, 2.24) is 0 Å². The van der Waals surface area contributed by atoms with E-state index in [4.69, 9.17) is 15.9 Å². The number of thiophene rings is 1. The van der Waals surface area contributed by atoms with Crippen molar-refractivity contribution in [2.24, 2.45) is 0 Å². The summed E-state index contributed by atoms with van der Waals surface area (Å²) in [7, 11) is 0. The number of hydrogen-bond acceptors (Lipinski definition) is 6. The lowest BCUT2D eigenvalue weighted by molar-refractivity contribution is -0.362. The zero-order chi connectivity index (χ0) is 23.3. The maximum Gasteiger partial charge on any atom is 0.225 e. The molecule has 5 rings (SSSR count). The van der Waals surface area contributed by atoms with Gasteiger partial charge in [0.25, 0.3) is 0 Å². The second kappa shape index (κ2) is 8.33. The van der Waals surface area contributed by atoms with Crippen molar-refractivity contribution in [1.29, 1.82) is 0 Å². The van der Waals surface area contributed by atoms with Crippen molar-refractivity contribution < 1.29 is 29.2 Å². The van der Waals surface area contributed by atoms with Crippen molar-refractivity contribution in [3.8, 4) is 22.8 Å². The molecule has 2 aromatic carbocycles. The molecule has 5 nitrogen and oxygen atoms in total. The van der Waals surface area contributed by atoms with Gasteiger partial charge in [0.2, 0.25) is 5.79 Å². The maximum absolute atomic E-state index is 13.3. The molecule has 7 heteroatoms. The van der Waals surface area contributed by atoms with Crippen LogP contribution in [0.4, 0.5) is 4.39 Å². The lowest BCUT2D eigenvalue weighted by atomic mass is 9.86. The molecule has 2 aliphatic rings. The Balaban J connectivity index is 1.50. The summed E-state index contributed by atoms with van der Waals surface area (Å²) >= 11 is 1.59. The second-order valence-electron chi connectivity index (χ2n) is 8.47. The van der Waals surface area contributed by atoms with Crippen molar-refractivity contribution in [3.63, 3.8) is 0 Å². The molecule has 0 bridgehead atoms. The third kappa shape index (κ3) is 3.69. The third-order valence-electron chi connectivity index (χ3n) is 6.36. The van der Waals surface area contributed by atoms with Crippen molar-refractivity contribution in [3.05, 3.63) is 81.5 Å². The van der Waals surface area contributed by atoms with E-state index in [2.05, 4.69) is 5.92 Å². The number of aliphatic hydroxyl groups excluding tert-OH is 3. The minimum atomic E-state index is -1.57. The molecule has 5 atom stereocenters. The van der Waals surface area contributed by atoms with E-state index in [1.165, 1.54) is 12.1 Å². The number of rotatable bonds is 3. The molecule has 3 N–H and O–H groups in total. The zero-order valence-corrected chi connectivity index (χ0v) is 18.7. The molecule has 1 spiro atoms. The van der Waals surface area contributed by atoms with Crippen LogP contribution in [0.15, 0.2) is 48.5 Å². The average Bonchev–Trinajstić information content (AvgIpc) is 3.42. The standard InChI is InChI=1S/C26H23FO5S/c1-3-15-10-18-13-31-26(25(30)24(29)23(28)14(2)32-26)21(18)12-17(15)11-20-8-9-22(33-20)16-4-6-19(27)7-5-16/h1,4-10,12,14,23-25,28-30H,11,13H2,2H3/t14-,23-,24+,25-,26+/m1/s1. The Bertz CT molecular complexity index is 1230. The smallest absolute Gasteiger partial charge is 0.225 e. The first-order valence-corrected chi connectivity index (χ1v) is 11.5. The van der Waals surface area contributed by atoms with E-state index in [1.54, 1.807) is 30.4 Å². The van der Waals surface area contributed by atoms with Gasteiger partial charge in [0, 0.05) is 27.3 Å². The van der Waals surface area contributed by atoms with Crippen LogP contribution < -0.4 is 0 Å². The van der Waals surface area contributed by atoms with Crippen LogP contribution in [-0.4, -0.2) is 39.7 Å². The Morgan fingerprint density at radius 1 is 1.12 bits per heavy atom. The highest BCUT2D eigenvalue weighted by molar-refractivity contribution is 7.15. The van der Waals surface area contributed by atoms with Gasteiger partial charge in [0.05, 0.1) is 12.7 Å². The maximum atomic E-state index is 13.3. The van der Waals surface area contributed by atoms with Crippen LogP contribution in [0.25, 0.3) is 10.4 Å². The molecule has 2 aliphatic heterocycles. The van der Waals surface area contributed by atoms with E-state index >= 15 is 0 Å². The molecule has 0 radical (unpaired) electrons. The summed E-state index contributed by atoms with van der Waals surface area (Å²) in [6.07, 6.45) is 1.51. The number of benzene rings is 2. The molecule has 3 heterocycles. The normalized spacial score (nSPS) is 28.6. The Hall–Kier alpha value is -2.57. The molecule has 0 amide bonds. The predicted octanol–water partition coefficient (Wildman–Crippen LogP) is 3.31. The zero-order valence-electron chi connectivity index (χ0n) is 17.9. The number of ether oxygens (including phenoxy) is 2. The topological polar surface area (TPSA) is 79.2 Å². The highest BCUT2D eigenvalue weighted by Gasteiger charge is 2.57. The van der Waals surface area contributed by atoms with Crippen LogP contribution in [0.5, 0.6) is 0 Å². The van der Waals surface area contributed by atoms with E-state index in [9.17, 15) is 19.7 Å². The highest BCUT2D eigenvalue weighted by atomic mass is 32.1. The summed E-state index contributed by atoms with van der Waals surface area (Å²) in [5.74, 6) is 0.891. The Morgan fingerprint density at radius 3 is 2.61 bits per heavy atom. The summed E-state index contributed by atoms with van der Waals surface area (Å²) in [6.45, 7) is 1.80. The third-order valence-corrected chi connectivity index (χ3v) is 7.50. The van der Waals surface area contributed by atoms with Crippen molar-refractivity contribution in [2.75, 3.05) is 0 Å². The average molecular weight is 467 g/mol. The summed E-state index contributed by atoms with van der Waals surface area (Å²) in [4.78, 5) is 2.08. The van der Waals surface area contributed by atoms with Gasteiger partial charge in [-0.3, -0.25) is 0 Å². The predicted molar refractivity (Wildman–Crippen MR) is 122 cm³/mol. The van der Waals surface area contributed by atoms with Gasteiger partial charge in [-0.25, -0.2) is 4.39 Å². The summed E-state index contributed by atoms with van der Waals surface area (Å²) in [6, 6.07) is 14.1. The van der Waals surface area contributed by atoms with Crippen LogP contribution >= 0.6 is 11.3 Å². The second-order valence-corrected chi connectivity index (χ2v) is 9.63. The van der Waals surface area contributed by atoms with Gasteiger partial charge in [0.1, 0.15) is 24.1 Å².